The lowest BCUT2D eigenvalue weighted by Gasteiger charge is -2.14. The predicted molar refractivity (Wildman–Crippen MR) is 89.9 cm³/mol. The molecule has 1 aromatic carbocycles. The van der Waals surface area contributed by atoms with E-state index >= 15 is 0 Å². The van der Waals surface area contributed by atoms with E-state index in [4.69, 9.17) is 5.73 Å². The summed E-state index contributed by atoms with van der Waals surface area (Å²) in [4.78, 5) is 36.9. The van der Waals surface area contributed by atoms with Crippen LogP contribution < -0.4 is 11.3 Å². The van der Waals surface area contributed by atoms with Crippen molar-refractivity contribution in [3.05, 3.63) is 42.7 Å². The van der Waals surface area contributed by atoms with Crippen molar-refractivity contribution in [2.45, 2.75) is 6.92 Å². The molecule has 120 valence electrons. The number of benzene rings is 1. The number of phenolic OH excluding ortho intramolecular Hbond substituents is 1. The Balaban J connectivity index is 3.10. The molecule has 0 unspecified atom stereocenters. The molecule has 0 fully saturated rings. The number of aromatic hydroxyl groups is 1. The van der Waals surface area contributed by atoms with Crippen LogP contribution in [0.3, 0.4) is 0 Å². The molecule has 8 nitrogen and oxygen atoms in total. The standard InChI is InChI=1S/C14H11IN2O6/c1-4-2-5(15)3-6(10(4)18)7-8(13(20)21)11(16)17-12(19)9(7)14(22)23/h2-3,18H,1H3,(H,20,21)(H,22,23)(H3,16,17,19). The summed E-state index contributed by atoms with van der Waals surface area (Å²) in [5, 5.41) is 28.9. The van der Waals surface area contributed by atoms with Crippen LogP contribution in [0.5, 0.6) is 5.75 Å². The maximum absolute atomic E-state index is 11.9. The average Bonchev–Trinajstić information content (AvgIpc) is 2.40. The van der Waals surface area contributed by atoms with Crippen LogP contribution in [0.25, 0.3) is 11.1 Å². The molecule has 0 atom stereocenters. The van der Waals surface area contributed by atoms with Gasteiger partial charge in [-0.1, -0.05) is 0 Å². The highest BCUT2D eigenvalue weighted by Crippen LogP contribution is 2.38. The van der Waals surface area contributed by atoms with Crippen molar-refractivity contribution in [1.82, 2.24) is 4.98 Å². The molecule has 0 aliphatic rings. The number of nitrogens with two attached hydrogens (primary N) is 1. The molecular formula is C14H11IN2O6. The molecule has 0 saturated carbocycles. The van der Waals surface area contributed by atoms with Gasteiger partial charge < -0.3 is 26.0 Å². The Hall–Kier alpha value is -2.56. The van der Waals surface area contributed by atoms with Gasteiger partial charge in [-0.25, -0.2) is 9.59 Å². The van der Waals surface area contributed by atoms with Gasteiger partial charge in [0, 0.05) is 14.7 Å². The van der Waals surface area contributed by atoms with Crippen molar-refractivity contribution in [3.8, 4) is 16.9 Å². The first-order valence-electron chi connectivity index (χ1n) is 6.17. The Kier molecular flexibility index (Phi) is 4.32. The lowest BCUT2D eigenvalue weighted by atomic mass is 9.93. The molecule has 0 spiro atoms. The fraction of sp³-hybridized carbons (Fsp3) is 0.0714. The zero-order valence-corrected chi connectivity index (χ0v) is 13.8. The molecule has 0 amide bonds. The highest BCUT2D eigenvalue weighted by atomic mass is 127. The van der Waals surface area contributed by atoms with E-state index in [9.17, 15) is 29.7 Å². The number of nitrogens with one attached hydrogen (secondary N) is 1. The minimum Gasteiger partial charge on any atom is -0.507 e. The highest BCUT2D eigenvalue weighted by Gasteiger charge is 2.28. The number of aromatic amines is 1. The van der Waals surface area contributed by atoms with Crippen molar-refractivity contribution in [3.63, 3.8) is 0 Å². The second-order valence-electron chi connectivity index (χ2n) is 4.72. The number of aryl methyl sites for hydroxylation is 1. The quantitative estimate of drug-likeness (QED) is 0.464. The number of phenols is 1. The molecule has 1 heterocycles. The lowest BCUT2D eigenvalue weighted by molar-refractivity contribution is 0.0695. The number of halogens is 1. The van der Waals surface area contributed by atoms with E-state index in [2.05, 4.69) is 0 Å². The summed E-state index contributed by atoms with van der Waals surface area (Å²) >= 11 is 1.93. The summed E-state index contributed by atoms with van der Waals surface area (Å²) in [5.41, 5.74) is 3.00. The largest absolute Gasteiger partial charge is 0.507 e. The topological polar surface area (TPSA) is 154 Å². The zero-order chi connectivity index (χ0) is 17.5. The highest BCUT2D eigenvalue weighted by molar-refractivity contribution is 14.1. The summed E-state index contributed by atoms with van der Waals surface area (Å²) in [7, 11) is 0. The molecule has 9 heteroatoms. The van der Waals surface area contributed by atoms with Crippen molar-refractivity contribution >= 4 is 40.3 Å². The molecule has 6 N–H and O–H groups in total. The van der Waals surface area contributed by atoms with Gasteiger partial charge in [-0.2, -0.15) is 0 Å². The zero-order valence-electron chi connectivity index (χ0n) is 11.7. The van der Waals surface area contributed by atoms with Gasteiger partial charge in [-0.3, -0.25) is 4.79 Å². The van der Waals surface area contributed by atoms with Crippen LogP contribution >= 0.6 is 22.6 Å². The first-order valence-corrected chi connectivity index (χ1v) is 7.24. The number of rotatable bonds is 3. The molecule has 0 aliphatic carbocycles. The van der Waals surface area contributed by atoms with E-state index in [1.165, 1.54) is 6.07 Å². The van der Waals surface area contributed by atoms with Crippen molar-refractivity contribution in [1.29, 1.82) is 0 Å². The third-order valence-corrected chi connectivity index (χ3v) is 3.83. The molecule has 23 heavy (non-hydrogen) atoms. The van der Waals surface area contributed by atoms with Crippen LogP contribution in [0.15, 0.2) is 16.9 Å². The fourth-order valence-corrected chi connectivity index (χ4v) is 3.02. The summed E-state index contributed by atoms with van der Waals surface area (Å²) in [6.45, 7) is 1.57. The monoisotopic (exact) mass is 430 g/mol. The number of aromatic carboxylic acids is 2. The average molecular weight is 430 g/mol. The summed E-state index contributed by atoms with van der Waals surface area (Å²) in [6.07, 6.45) is 0. The van der Waals surface area contributed by atoms with Crippen molar-refractivity contribution < 1.29 is 24.9 Å². The van der Waals surface area contributed by atoms with E-state index < -0.39 is 40.0 Å². The third-order valence-electron chi connectivity index (χ3n) is 3.21. The molecule has 1 aromatic heterocycles. The predicted octanol–water partition coefficient (Wildman–Crippen LogP) is 1.64. The van der Waals surface area contributed by atoms with Crippen molar-refractivity contribution in [2.24, 2.45) is 0 Å². The van der Waals surface area contributed by atoms with Gasteiger partial charge >= 0.3 is 11.9 Å². The van der Waals surface area contributed by atoms with Gasteiger partial charge in [-0.15, -0.1) is 0 Å². The van der Waals surface area contributed by atoms with Crippen LogP contribution in [0.4, 0.5) is 5.82 Å². The summed E-state index contributed by atoms with van der Waals surface area (Å²) in [5.74, 6) is -3.95. The third kappa shape index (κ3) is 2.86. The molecule has 2 rings (SSSR count). The first-order chi connectivity index (χ1) is 10.6. The minimum absolute atomic E-state index is 0.0815. The smallest absolute Gasteiger partial charge is 0.342 e. The Bertz CT molecular complexity index is 903. The van der Waals surface area contributed by atoms with Crippen molar-refractivity contribution in [2.75, 3.05) is 5.73 Å². The lowest BCUT2D eigenvalue weighted by Crippen LogP contribution is -2.24. The maximum atomic E-state index is 11.9. The van der Waals surface area contributed by atoms with Gasteiger partial charge in [0.25, 0.3) is 5.56 Å². The number of H-pyrrole nitrogens is 1. The summed E-state index contributed by atoms with van der Waals surface area (Å²) < 4.78 is 0.624. The number of nitrogen functional groups attached to an aromatic ring is 1. The van der Waals surface area contributed by atoms with Gasteiger partial charge in [0.15, 0.2) is 0 Å². The number of hydrogen-bond acceptors (Lipinski definition) is 5. The number of pyridine rings is 1. The summed E-state index contributed by atoms with van der Waals surface area (Å²) in [6, 6.07) is 3.01. The van der Waals surface area contributed by atoms with Gasteiger partial charge in [-0.05, 0) is 47.2 Å². The van der Waals surface area contributed by atoms with Gasteiger partial charge in [0.1, 0.15) is 22.7 Å². The normalized spacial score (nSPS) is 10.5. The fourth-order valence-electron chi connectivity index (χ4n) is 2.24. The molecular weight excluding hydrogens is 419 g/mol. The Labute approximate surface area is 142 Å². The van der Waals surface area contributed by atoms with Crippen LogP contribution in [-0.4, -0.2) is 32.2 Å². The van der Waals surface area contributed by atoms with Crippen LogP contribution in [0.1, 0.15) is 26.3 Å². The molecule has 2 aromatic rings. The number of hydrogen-bond donors (Lipinski definition) is 5. The molecule has 0 aliphatic heterocycles. The van der Waals surface area contributed by atoms with Crippen LogP contribution in [0, 0.1) is 10.5 Å². The SMILES string of the molecule is Cc1cc(I)cc(-c2c(C(=O)O)c(N)[nH]c(=O)c2C(=O)O)c1O. The Morgan fingerprint density at radius 3 is 2.26 bits per heavy atom. The van der Waals surface area contributed by atoms with E-state index in [0.29, 0.717) is 9.13 Å². The van der Waals surface area contributed by atoms with Gasteiger partial charge in [0.05, 0.1) is 0 Å². The number of anilines is 1. The number of carboxylic acid groups (broad SMARTS) is 2. The van der Waals surface area contributed by atoms with E-state index in [-0.39, 0.29) is 11.3 Å². The molecule has 0 bridgehead atoms. The molecule has 0 saturated heterocycles. The van der Waals surface area contributed by atoms with Crippen LogP contribution in [0.2, 0.25) is 0 Å². The second kappa shape index (κ2) is 5.91. The Morgan fingerprint density at radius 2 is 1.74 bits per heavy atom. The Morgan fingerprint density at radius 1 is 1.17 bits per heavy atom. The van der Waals surface area contributed by atoms with Gasteiger partial charge in [0.2, 0.25) is 0 Å². The molecule has 0 radical (unpaired) electrons. The van der Waals surface area contributed by atoms with Crippen LogP contribution in [-0.2, 0) is 0 Å². The number of aromatic nitrogens is 1. The number of carboxylic acids is 2. The second-order valence-corrected chi connectivity index (χ2v) is 5.97. The van der Waals surface area contributed by atoms with E-state index in [1.54, 1.807) is 13.0 Å². The minimum atomic E-state index is -1.63. The van der Waals surface area contributed by atoms with E-state index in [0.717, 1.165) is 0 Å². The maximum Gasteiger partial charge on any atom is 0.342 e. The van der Waals surface area contributed by atoms with E-state index in [1.807, 2.05) is 27.6 Å². The number of carbonyl (C=O) groups is 2. The first kappa shape index (κ1) is 16.8.